The van der Waals surface area contributed by atoms with E-state index in [0.29, 0.717) is 18.7 Å². The number of dihydropyridines is 1. The number of hydrogen-bond donors (Lipinski definition) is 2. The number of carbonyl (C=O) groups excluding carboxylic acids is 2. The van der Waals surface area contributed by atoms with Crippen LogP contribution in [0.3, 0.4) is 0 Å². The van der Waals surface area contributed by atoms with Crippen molar-refractivity contribution in [3.63, 3.8) is 0 Å². The lowest BCUT2D eigenvalue weighted by Gasteiger charge is -2.24. The molecule has 3 unspecified atom stereocenters. The van der Waals surface area contributed by atoms with Crippen molar-refractivity contribution in [3.8, 4) is 0 Å². The van der Waals surface area contributed by atoms with Crippen molar-refractivity contribution in [2.45, 2.75) is 43.8 Å². The van der Waals surface area contributed by atoms with E-state index in [9.17, 15) is 22.8 Å². The lowest BCUT2D eigenvalue weighted by molar-refractivity contribution is -0.138. The molecule has 3 heterocycles. The maximum absolute atomic E-state index is 13.2. The fraction of sp³-hybridized carbons (Fsp3) is 0.360. The van der Waals surface area contributed by atoms with Crippen LogP contribution in [-0.4, -0.2) is 35.1 Å². The van der Waals surface area contributed by atoms with Gasteiger partial charge in [0.05, 0.1) is 17.0 Å². The SMILES string of the molecule is CC1N=C(C(=O)NCCc2ccccc2C(F)(F)F)C=C2CC3(CC21)C(=O)Nc1ncccc13. The van der Waals surface area contributed by atoms with Crippen LogP contribution in [0.1, 0.15) is 36.5 Å². The van der Waals surface area contributed by atoms with Crippen LogP contribution in [0, 0.1) is 5.92 Å². The number of alkyl halides is 3. The van der Waals surface area contributed by atoms with E-state index in [4.69, 9.17) is 0 Å². The van der Waals surface area contributed by atoms with Crippen LogP contribution < -0.4 is 10.6 Å². The number of pyridine rings is 1. The quantitative estimate of drug-likeness (QED) is 0.716. The summed E-state index contributed by atoms with van der Waals surface area (Å²) in [4.78, 5) is 34.5. The highest BCUT2D eigenvalue weighted by Crippen LogP contribution is 2.54. The summed E-state index contributed by atoms with van der Waals surface area (Å²) in [5.74, 6) is 0.101. The minimum absolute atomic E-state index is 0.0344. The second-order valence-corrected chi connectivity index (χ2v) is 9.06. The summed E-state index contributed by atoms with van der Waals surface area (Å²) in [5, 5.41) is 5.57. The third-order valence-electron chi connectivity index (χ3n) is 7.02. The van der Waals surface area contributed by atoms with Gasteiger partial charge in [0.2, 0.25) is 5.91 Å². The number of fused-ring (bicyclic) bond motifs is 3. The van der Waals surface area contributed by atoms with E-state index in [0.717, 1.165) is 17.2 Å². The first-order valence-corrected chi connectivity index (χ1v) is 11.2. The van der Waals surface area contributed by atoms with Gasteiger partial charge in [0.25, 0.3) is 5.91 Å². The molecule has 34 heavy (non-hydrogen) atoms. The first-order valence-electron chi connectivity index (χ1n) is 11.2. The number of nitrogens with one attached hydrogen (secondary N) is 2. The zero-order valence-corrected chi connectivity index (χ0v) is 18.4. The Morgan fingerprint density at radius 3 is 2.82 bits per heavy atom. The van der Waals surface area contributed by atoms with E-state index in [1.165, 1.54) is 12.1 Å². The molecule has 5 rings (SSSR count). The van der Waals surface area contributed by atoms with Crippen molar-refractivity contribution in [1.82, 2.24) is 10.3 Å². The number of anilines is 1. The third-order valence-corrected chi connectivity index (χ3v) is 7.02. The Kier molecular flexibility index (Phi) is 5.30. The number of aliphatic imine (C=N–C) groups is 1. The molecule has 2 N–H and O–H groups in total. The topological polar surface area (TPSA) is 83.5 Å². The molecule has 3 aliphatic rings. The first-order chi connectivity index (χ1) is 16.2. The number of carbonyl (C=O) groups is 2. The highest BCUT2D eigenvalue weighted by Gasteiger charge is 2.55. The van der Waals surface area contributed by atoms with Gasteiger partial charge in [0.15, 0.2) is 0 Å². The number of aromatic nitrogens is 1. The van der Waals surface area contributed by atoms with E-state index < -0.39 is 23.1 Å². The first kappa shape index (κ1) is 22.3. The standard InChI is InChI=1S/C25H23F3N4O2/c1-14-17-13-24(19-7-4-9-29-21(19)32-23(24)34)12-16(17)11-20(31-14)22(33)30-10-8-15-5-2-3-6-18(15)25(26,27)28/h2-7,9,11,14,17H,8,10,12-13H2,1H3,(H,30,33)(H,29,32,34). The predicted molar refractivity (Wildman–Crippen MR) is 120 cm³/mol. The summed E-state index contributed by atoms with van der Waals surface area (Å²) < 4.78 is 39.6. The smallest absolute Gasteiger partial charge is 0.350 e. The second-order valence-electron chi connectivity index (χ2n) is 9.06. The molecule has 0 saturated heterocycles. The number of halogens is 3. The van der Waals surface area contributed by atoms with Gasteiger partial charge < -0.3 is 10.6 Å². The van der Waals surface area contributed by atoms with Gasteiger partial charge in [-0.05, 0) is 50.0 Å². The molecular weight excluding hydrogens is 445 g/mol. The largest absolute Gasteiger partial charge is 0.416 e. The van der Waals surface area contributed by atoms with E-state index in [1.54, 1.807) is 18.3 Å². The Balaban J connectivity index is 1.29. The maximum Gasteiger partial charge on any atom is 0.416 e. The van der Waals surface area contributed by atoms with E-state index in [-0.39, 0.29) is 42.1 Å². The van der Waals surface area contributed by atoms with Crippen molar-refractivity contribution in [1.29, 1.82) is 0 Å². The van der Waals surface area contributed by atoms with Crippen LogP contribution in [0.15, 0.2) is 59.2 Å². The molecule has 2 aromatic rings. The Morgan fingerprint density at radius 1 is 1.24 bits per heavy atom. The number of rotatable bonds is 4. The number of amides is 2. The molecule has 2 aliphatic heterocycles. The lowest BCUT2D eigenvalue weighted by Crippen LogP contribution is -2.35. The third kappa shape index (κ3) is 3.69. The van der Waals surface area contributed by atoms with Crippen molar-refractivity contribution in [2.75, 3.05) is 11.9 Å². The van der Waals surface area contributed by atoms with Gasteiger partial charge in [-0.1, -0.05) is 29.8 Å². The van der Waals surface area contributed by atoms with Gasteiger partial charge in [-0.3, -0.25) is 14.6 Å². The Labute approximate surface area is 194 Å². The molecule has 6 nitrogen and oxygen atoms in total. The molecule has 2 amide bonds. The van der Waals surface area contributed by atoms with Gasteiger partial charge >= 0.3 is 6.18 Å². The summed E-state index contributed by atoms with van der Waals surface area (Å²) in [7, 11) is 0. The summed E-state index contributed by atoms with van der Waals surface area (Å²) >= 11 is 0. The van der Waals surface area contributed by atoms with E-state index in [1.807, 2.05) is 19.1 Å². The molecule has 3 atom stereocenters. The Morgan fingerprint density at radius 2 is 2.03 bits per heavy atom. The summed E-state index contributed by atoms with van der Waals surface area (Å²) in [5.41, 5.74) is 0.823. The molecule has 0 bridgehead atoms. The molecule has 1 aromatic heterocycles. The number of hydrogen-bond acceptors (Lipinski definition) is 4. The molecule has 176 valence electrons. The summed E-state index contributed by atoms with van der Waals surface area (Å²) in [6.07, 6.45) is 0.0637. The molecule has 1 spiro atoms. The second kappa shape index (κ2) is 8.07. The fourth-order valence-electron chi connectivity index (χ4n) is 5.38. The van der Waals surface area contributed by atoms with E-state index in [2.05, 4.69) is 20.6 Å². The maximum atomic E-state index is 13.2. The van der Waals surface area contributed by atoms with Crippen LogP contribution in [0.2, 0.25) is 0 Å². The van der Waals surface area contributed by atoms with Gasteiger partial charge in [-0.25, -0.2) is 4.98 Å². The minimum Gasteiger partial charge on any atom is -0.350 e. The number of nitrogens with zero attached hydrogens (tertiary/aromatic N) is 2. The predicted octanol–water partition coefficient (Wildman–Crippen LogP) is 3.83. The molecule has 0 radical (unpaired) electrons. The van der Waals surface area contributed by atoms with Crippen molar-refractivity contribution < 1.29 is 22.8 Å². The monoisotopic (exact) mass is 468 g/mol. The van der Waals surface area contributed by atoms with Crippen molar-refractivity contribution in [3.05, 3.63) is 70.9 Å². The fourth-order valence-corrected chi connectivity index (χ4v) is 5.38. The number of benzene rings is 1. The molecule has 9 heteroatoms. The lowest BCUT2D eigenvalue weighted by atomic mass is 9.79. The highest BCUT2D eigenvalue weighted by molar-refractivity contribution is 6.43. The average molecular weight is 468 g/mol. The molecular formula is C25H23F3N4O2. The van der Waals surface area contributed by atoms with Gasteiger partial charge in [-0.2, -0.15) is 13.2 Å². The van der Waals surface area contributed by atoms with Crippen LogP contribution in [0.25, 0.3) is 0 Å². The van der Waals surface area contributed by atoms with Crippen molar-refractivity contribution in [2.24, 2.45) is 10.9 Å². The van der Waals surface area contributed by atoms with Gasteiger partial charge in [0, 0.05) is 24.2 Å². The molecule has 1 aliphatic carbocycles. The summed E-state index contributed by atoms with van der Waals surface area (Å²) in [6.45, 7) is 1.97. The highest BCUT2D eigenvalue weighted by atomic mass is 19.4. The normalized spacial score (nSPS) is 25.4. The average Bonchev–Trinajstić information content (AvgIpc) is 3.32. The Bertz CT molecular complexity index is 1240. The van der Waals surface area contributed by atoms with Gasteiger partial charge in [-0.15, -0.1) is 0 Å². The summed E-state index contributed by atoms with van der Waals surface area (Å²) in [6, 6.07) is 8.88. The molecule has 1 aromatic carbocycles. The van der Waals surface area contributed by atoms with E-state index >= 15 is 0 Å². The van der Waals surface area contributed by atoms with Gasteiger partial charge in [0.1, 0.15) is 11.5 Å². The zero-order valence-electron chi connectivity index (χ0n) is 18.4. The van der Waals surface area contributed by atoms with Crippen molar-refractivity contribution >= 4 is 23.3 Å². The minimum atomic E-state index is -4.44. The molecule has 1 fully saturated rings. The van der Waals surface area contributed by atoms with Crippen LogP contribution >= 0.6 is 0 Å². The van der Waals surface area contributed by atoms with Crippen LogP contribution in [0.4, 0.5) is 19.0 Å². The molecule has 1 saturated carbocycles. The zero-order chi connectivity index (χ0) is 24.1. The van der Waals surface area contributed by atoms with Crippen LogP contribution in [-0.2, 0) is 27.6 Å². The Hall–Kier alpha value is -3.49. The van der Waals surface area contributed by atoms with Crippen LogP contribution in [0.5, 0.6) is 0 Å².